The standard InChI is InChI=1S/C22H26ClFN4O5/c1-12(2)33-19-6-5-13(9-25-19)20(29)27-28-21(30)15-7-17(24)18(8-16(15)23)31-10-14-11-32-22(3,4)26-14/h5-9,12,14,26H,10-11H2,1-4H3,(H,27,29)(H,28,30). The molecule has 1 aliphatic rings. The zero-order valence-electron chi connectivity index (χ0n) is 18.7. The minimum Gasteiger partial charge on any atom is -0.489 e. The topological polar surface area (TPSA) is 111 Å². The highest BCUT2D eigenvalue weighted by Gasteiger charge is 2.31. The summed E-state index contributed by atoms with van der Waals surface area (Å²) in [6.07, 6.45) is 1.25. The van der Waals surface area contributed by atoms with Crippen molar-refractivity contribution >= 4 is 23.4 Å². The quantitative estimate of drug-likeness (QED) is 0.522. The second kappa shape index (κ2) is 10.3. The van der Waals surface area contributed by atoms with Gasteiger partial charge >= 0.3 is 0 Å². The fourth-order valence-electron chi connectivity index (χ4n) is 3.06. The number of rotatable bonds is 7. The number of amides is 2. The van der Waals surface area contributed by atoms with Crippen LogP contribution in [0.25, 0.3) is 0 Å². The van der Waals surface area contributed by atoms with Gasteiger partial charge in [-0.15, -0.1) is 0 Å². The Balaban J connectivity index is 1.56. The van der Waals surface area contributed by atoms with Crippen LogP contribution in [0, 0.1) is 5.82 Å². The lowest BCUT2D eigenvalue weighted by molar-refractivity contribution is 0.0230. The highest BCUT2D eigenvalue weighted by atomic mass is 35.5. The van der Waals surface area contributed by atoms with E-state index in [1.54, 1.807) is 0 Å². The average molecular weight is 481 g/mol. The minimum absolute atomic E-state index is 0.0361. The number of benzene rings is 1. The SMILES string of the molecule is CC(C)Oc1ccc(C(=O)NNC(=O)c2cc(F)c(OCC3COC(C)(C)N3)cc2Cl)cn1. The number of hydrogen-bond donors (Lipinski definition) is 3. The van der Waals surface area contributed by atoms with E-state index >= 15 is 0 Å². The van der Waals surface area contributed by atoms with Crippen molar-refractivity contribution < 1.29 is 28.2 Å². The number of carbonyl (C=O) groups is 2. The Bertz CT molecular complexity index is 1020. The first-order valence-electron chi connectivity index (χ1n) is 10.3. The van der Waals surface area contributed by atoms with Crippen molar-refractivity contribution in [2.24, 2.45) is 0 Å². The van der Waals surface area contributed by atoms with Gasteiger partial charge in [-0.25, -0.2) is 9.37 Å². The summed E-state index contributed by atoms with van der Waals surface area (Å²) in [6.45, 7) is 8.05. The number of aromatic nitrogens is 1. The number of nitrogens with zero attached hydrogens (tertiary/aromatic N) is 1. The molecule has 0 bridgehead atoms. The van der Waals surface area contributed by atoms with Crippen LogP contribution in [0.15, 0.2) is 30.5 Å². The fraction of sp³-hybridized carbons (Fsp3) is 0.409. The Morgan fingerprint density at radius 2 is 2.03 bits per heavy atom. The maximum Gasteiger partial charge on any atom is 0.271 e. The number of hydrogen-bond acceptors (Lipinski definition) is 7. The van der Waals surface area contributed by atoms with E-state index in [9.17, 15) is 14.0 Å². The van der Waals surface area contributed by atoms with Gasteiger partial charge in [-0.3, -0.25) is 25.8 Å². The van der Waals surface area contributed by atoms with Gasteiger partial charge in [0.05, 0.1) is 34.9 Å². The molecule has 0 saturated carbocycles. The van der Waals surface area contributed by atoms with Gasteiger partial charge in [-0.05, 0) is 39.8 Å². The normalized spacial score (nSPS) is 17.0. The lowest BCUT2D eigenvalue weighted by Gasteiger charge is -2.18. The molecule has 1 saturated heterocycles. The highest BCUT2D eigenvalue weighted by molar-refractivity contribution is 6.34. The summed E-state index contributed by atoms with van der Waals surface area (Å²) in [5, 5.41) is 3.16. The van der Waals surface area contributed by atoms with E-state index in [-0.39, 0.29) is 40.7 Å². The molecule has 1 aromatic heterocycles. The molecule has 2 heterocycles. The van der Waals surface area contributed by atoms with Crippen LogP contribution in [0.2, 0.25) is 5.02 Å². The predicted octanol–water partition coefficient (Wildman–Crippen LogP) is 2.84. The Morgan fingerprint density at radius 1 is 1.30 bits per heavy atom. The summed E-state index contributed by atoms with van der Waals surface area (Å²) in [4.78, 5) is 28.6. The summed E-state index contributed by atoms with van der Waals surface area (Å²) in [5.74, 6) is -1.90. The van der Waals surface area contributed by atoms with Gasteiger partial charge in [-0.2, -0.15) is 0 Å². The molecule has 0 aliphatic carbocycles. The van der Waals surface area contributed by atoms with Gasteiger partial charge in [0, 0.05) is 18.3 Å². The molecule has 3 N–H and O–H groups in total. The van der Waals surface area contributed by atoms with Gasteiger partial charge in [0.25, 0.3) is 11.8 Å². The molecule has 2 aromatic rings. The summed E-state index contributed by atoms with van der Waals surface area (Å²) in [6, 6.07) is 5.08. The molecule has 178 valence electrons. The summed E-state index contributed by atoms with van der Waals surface area (Å²) >= 11 is 6.14. The number of nitrogens with one attached hydrogen (secondary N) is 3. The summed E-state index contributed by atoms with van der Waals surface area (Å²) in [7, 11) is 0. The maximum atomic E-state index is 14.5. The van der Waals surface area contributed by atoms with Crippen molar-refractivity contribution in [1.82, 2.24) is 21.2 Å². The second-order valence-corrected chi connectivity index (χ2v) is 8.60. The number of hydrazine groups is 1. The number of pyridine rings is 1. The van der Waals surface area contributed by atoms with Crippen LogP contribution in [0.1, 0.15) is 48.4 Å². The molecule has 1 atom stereocenters. The summed E-state index contributed by atoms with van der Waals surface area (Å²) < 4.78 is 30.9. The van der Waals surface area contributed by atoms with Crippen LogP contribution < -0.4 is 25.6 Å². The van der Waals surface area contributed by atoms with E-state index in [2.05, 4.69) is 21.2 Å². The average Bonchev–Trinajstić information content (AvgIpc) is 3.10. The lowest BCUT2D eigenvalue weighted by Crippen LogP contribution is -2.41. The molecule has 0 spiro atoms. The summed E-state index contributed by atoms with van der Waals surface area (Å²) in [5.41, 5.74) is 3.99. The van der Waals surface area contributed by atoms with Gasteiger partial charge in [0.1, 0.15) is 12.3 Å². The van der Waals surface area contributed by atoms with E-state index in [1.165, 1.54) is 24.4 Å². The van der Waals surface area contributed by atoms with Crippen LogP contribution in [-0.4, -0.2) is 47.9 Å². The molecule has 9 nitrogen and oxygen atoms in total. The Labute approximate surface area is 195 Å². The van der Waals surface area contributed by atoms with Crippen LogP contribution in [0.4, 0.5) is 4.39 Å². The van der Waals surface area contributed by atoms with E-state index in [0.29, 0.717) is 12.5 Å². The van der Waals surface area contributed by atoms with Crippen molar-refractivity contribution in [2.45, 2.75) is 45.6 Å². The highest BCUT2D eigenvalue weighted by Crippen LogP contribution is 2.27. The Kier molecular flexibility index (Phi) is 7.72. The van der Waals surface area contributed by atoms with Gasteiger partial charge in [0.15, 0.2) is 11.6 Å². The molecule has 1 aromatic carbocycles. The molecule has 3 rings (SSSR count). The number of carbonyl (C=O) groups excluding carboxylic acids is 2. The third-order valence-corrected chi connectivity index (χ3v) is 4.86. The molecule has 1 aliphatic heterocycles. The van der Waals surface area contributed by atoms with Crippen molar-refractivity contribution in [3.63, 3.8) is 0 Å². The molecule has 0 radical (unpaired) electrons. The number of halogens is 2. The number of ether oxygens (including phenoxy) is 3. The molecule has 1 unspecified atom stereocenters. The van der Waals surface area contributed by atoms with Crippen molar-refractivity contribution in [2.75, 3.05) is 13.2 Å². The third kappa shape index (κ3) is 6.77. The lowest BCUT2D eigenvalue weighted by atomic mass is 10.2. The minimum atomic E-state index is -0.792. The van der Waals surface area contributed by atoms with Crippen molar-refractivity contribution in [1.29, 1.82) is 0 Å². The molecule has 1 fully saturated rings. The monoisotopic (exact) mass is 480 g/mol. The molecule has 11 heteroatoms. The van der Waals surface area contributed by atoms with E-state index < -0.39 is 23.4 Å². The van der Waals surface area contributed by atoms with E-state index in [1.807, 2.05) is 27.7 Å². The molecule has 33 heavy (non-hydrogen) atoms. The smallest absolute Gasteiger partial charge is 0.271 e. The Morgan fingerprint density at radius 3 is 2.64 bits per heavy atom. The first-order chi connectivity index (χ1) is 15.5. The fourth-order valence-corrected chi connectivity index (χ4v) is 3.30. The van der Waals surface area contributed by atoms with E-state index in [4.69, 9.17) is 25.8 Å². The Hall–Kier alpha value is -2.95. The molecular weight excluding hydrogens is 455 g/mol. The van der Waals surface area contributed by atoms with Gasteiger partial charge in [-0.1, -0.05) is 11.6 Å². The second-order valence-electron chi connectivity index (χ2n) is 8.20. The van der Waals surface area contributed by atoms with E-state index in [0.717, 1.165) is 6.07 Å². The van der Waals surface area contributed by atoms with Crippen LogP contribution in [0.3, 0.4) is 0 Å². The first-order valence-corrected chi connectivity index (χ1v) is 10.7. The van der Waals surface area contributed by atoms with Gasteiger partial charge in [0.2, 0.25) is 5.88 Å². The largest absolute Gasteiger partial charge is 0.489 e. The van der Waals surface area contributed by atoms with Crippen LogP contribution in [-0.2, 0) is 4.74 Å². The molecular formula is C22H26ClFN4O5. The zero-order chi connectivity index (χ0) is 24.2. The van der Waals surface area contributed by atoms with Gasteiger partial charge < -0.3 is 14.2 Å². The predicted molar refractivity (Wildman–Crippen MR) is 119 cm³/mol. The maximum absolute atomic E-state index is 14.5. The van der Waals surface area contributed by atoms with Crippen molar-refractivity contribution in [3.8, 4) is 11.6 Å². The van der Waals surface area contributed by atoms with Crippen molar-refractivity contribution in [3.05, 3.63) is 52.4 Å². The molecule has 2 amide bonds. The zero-order valence-corrected chi connectivity index (χ0v) is 19.5. The van der Waals surface area contributed by atoms with Crippen LogP contribution >= 0.6 is 11.6 Å². The third-order valence-electron chi connectivity index (χ3n) is 4.55. The first kappa shape index (κ1) is 24.7. The van der Waals surface area contributed by atoms with Crippen LogP contribution in [0.5, 0.6) is 11.6 Å².